The lowest BCUT2D eigenvalue weighted by Crippen LogP contribution is -2.48. The average molecular weight is 378 g/mol. The third-order valence-corrected chi connectivity index (χ3v) is 4.42. The number of hydrogen-bond donors (Lipinski definition) is 2. The molecule has 0 atom stereocenters. The molecule has 6 heteroatoms. The number of nitrogens with one attached hydrogen (secondary N) is 1. The van der Waals surface area contributed by atoms with Crippen LogP contribution in [0.4, 0.5) is 5.69 Å². The van der Waals surface area contributed by atoms with Gasteiger partial charge in [0.1, 0.15) is 0 Å². The summed E-state index contributed by atoms with van der Waals surface area (Å²) in [4.78, 5) is 27.4. The third-order valence-electron chi connectivity index (χ3n) is 4.42. The van der Waals surface area contributed by atoms with E-state index in [1.165, 1.54) is 12.1 Å². The quantitative estimate of drug-likeness (QED) is 0.412. The highest BCUT2D eigenvalue weighted by atomic mass is 16.5. The smallest absolute Gasteiger partial charge is 0.243 e. The summed E-state index contributed by atoms with van der Waals surface area (Å²) >= 11 is 0. The fourth-order valence-corrected chi connectivity index (χ4v) is 2.98. The lowest BCUT2D eigenvalue weighted by Gasteiger charge is -2.36. The maximum absolute atomic E-state index is 12.2. The number of benzene rings is 1. The molecule has 1 heterocycles. The van der Waals surface area contributed by atoms with E-state index in [2.05, 4.69) is 30.9 Å². The minimum Gasteiger partial charge on any atom is -0.368 e. The van der Waals surface area contributed by atoms with Gasteiger partial charge in [0.05, 0.1) is 0 Å². The van der Waals surface area contributed by atoms with Gasteiger partial charge >= 0.3 is 0 Å². The van der Waals surface area contributed by atoms with Gasteiger partial charge in [-0.3, -0.25) is 14.8 Å². The number of hydroxylamine groups is 1. The number of piperazine rings is 1. The molecule has 6 nitrogen and oxygen atoms in total. The summed E-state index contributed by atoms with van der Waals surface area (Å²) in [7, 11) is 0. The van der Waals surface area contributed by atoms with Crippen LogP contribution in [0.3, 0.4) is 0 Å². The number of anilines is 1. The molecular weight excluding hydrogens is 342 g/mol. The van der Waals surface area contributed by atoms with Gasteiger partial charge in [0.2, 0.25) is 11.8 Å². The van der Waals surface area contributed by atoms with Gasteiger partial charge in [-0.15, -0.1) is 0 Å². The van der Waals surface area contributed by atoms with E-state index in [0.29, 0.717) is 12.8 Å². The topological polar surface area (TPSA) is 72.9 Å². The fourth-order valence-electron chi connectivity index (χ4n) is 2.98. The lowest BCUT2D eigenvalue weighted by molar-refractivity contribution is -0.132. The van der Waals surface area contributed by atoms with Crippen LogP contribution in [0.2, 0.25) is 0 Å². The molecule has 1 aromatic carbocycles. The van der Waals surface area contributed by atoms with Crippen LogP contribution in [0.1, 0.15) is 58.8 Å². The number of carbonyl (C=O) groups excluding carboxylic acids is 2. The maximum Gasteiger partial charge on any atom is 0.243 e. The minimum absolute atomic E-state index is 0.232. The Balaban J connectivity index is 0.00000114. The molecule has 152 valence electrons. The van der Waals surface area contributed by atoms with E-state index in [1.54, 1.807) is 5.48 Å². The van der Waals surface area contributed by atoms with E-state index >= 15 is 0 Å². The number of unbranched alkanes of at least 4 members (excludes halogenated alkanes) is 3. The van der Waals surface area contributed by atoms with Crippen molar-refractivity contribution in [1.82, 2.24) is 10.4 Å². The van der Waals surface area contributed by atoms with Crippen molar-refractivity contribution in [3.8, 4) is 0 Å². The van der Waals surface area contributed by atoms with Crippen molar-refractivity contribution in [1.29, 1.82) is 0 Å². The van der Waals surface area contributed by atoms with E-state index < -0.39 is 0 Å². The number of nitrogens with zero attached hydrogens (tertiary/aromatic N) is 2. The Bertz CT molecular complexity index is 529. The fraction of sp³-hybridized carbons (Fsp3) is 0.619. The Morgan fingerprint density at radius 2 is 1.48 bits per heavy atom. The molecule has 1 saturated heterocycles. The largest absolute Gasteiger partial charge is 0.368 e. The van der Waals surface area contributed by atoms with Crippen LogP contribution in [0.25, 0.3) is 0 Å². The standard InChI is InChI=1S/C18H27N3O3.C3H8/c22-17(19-24)10-6-1-2-7-11-18(23)21-14-12-20(13-15-21)16-8-4-3-5-9-16;1-3-2/h3-5,8-9,24H,1-2,6-7,10-15H2,(H,19,22);3H2,1-2H3. The summed E-state index contributed by atoms with van der Waals surface area (Å²) in [5, 5.41) is 8.39. The van der Waals surface area contributed by atoms with Crippen molar-refractivity contribution in [3.05, 3.63) is 30.3 Å². The van der Waals surface area contributed by atoms with Gasteiger partial charge in [0.15, 0.2) is 0 Å². The van der Waals surface area contributed by atoms with Crippen LogP contribution in [-0.4, -0.2) is 48.1 Å². The zero-order valence-electron chi connectivity index (χ0n) is 16.8. The minimum atomic E-state index is -0.345. The van der Waals surface area contributed by atoms with Gasteiger partial charge < -0.3 is 9.80 Å². The Kier molecular flexibility index (Phi) is 11.9. The summed E-state index contributed by atoms with van der Waals surface area (Å²) in [5.74, 6) is -0.113. The van der Waals surface area contributed by atoms with Crippen molar-refractivity contribution in [3.63, 3.8) is 0 Å². The zero-order valence-corrected chi connectivity index (χ0v) is 16.8. The SMILES string of the molecule is CCC.O=C(CCCCCCC(=O)N1CCN(c2ccccc2)CC1)NO. The third kappa shape index (κ3) is 9.43. The Morgan fingerprint density at radius 1 is 0.926 bits per heavy atom. The number of hydrogen-bond acceptors (Lipinski definition) is 4. The van der Waals surface area contributed by atoms with E-state index in [1.807, 2.05) is 23.1 Å². The van der Waals surface area contributed by atoms with Crippen molar-refractivity contribution in [2.45, 2.75) is 58.8 Å². The van der Waals surface area contributed by atoms with Crippen molar-refractivity contribution < 1.29 is 14.8 Å². The molecule has 0 spiro atoms. The van der Waals surface area contributed by atoms with Crippen LogP contribution < -0.4 is 10.4 Å². The molecule has 1 fully saturated rings. The highest BCUT2D eigenvalue weighted by Crippen LogP contribution is 2.16. The summed E-state index contributed by atoms with van der Waals surface area (Å²) < 4.78 is 0. The lowest BCUT2D eigenvalue weighted by atomic mass is 10.1. The average Bonchev–Trinajstić information content (AvgIpc) is 2.71. The summed E-state index contributed by atoms with van der Waals surface area (Å²) in [6.45, 7) is 7.58. The molecule has 1 aromatic rings. The second-order valence-electron chi connectivity index (χ2n) is 6.86. The molecule has 0 radical (unpaired) electrons. The van der Waals surface area contributed by atoms with Gasteiger partial charge in [-0.05, 0) is 25.0 Å². The summed E-state index contributed by atoms with van der Waals surface area (Å²) in [5.41, 5.74) is 2.85. The molecule has 2 rings (SSSR count). The molecule has 0 bridgehead atoms. The first-order valence-corrected chi connectivity index (χ1v) is 10.1. The number of rotatable bonds is 8. The van der Waals surface area contributed by atoms with Crippen LogP contribution in [0, 0.1) is 0 Å². The molecule has 2 amide bonds. The predicted molar refractivity (Wildman–Crippen MR) is 109 cm³/mol. The van der Waals surface area contributed by atoms with E-state index in [0.717, 1.165) is 51.9 Å². The van der Waals surface area contributed by atoms with Crippen molar-refractivity contribution in [2.75, 3.05) is 31.1 Å². The Labute approximate surface area is 163 Å². The summed E-state index contributed by atoms with van der Waals surface area (Å²) in [6.07, 6.45) is 5.62. The molecule has 0 aliphatic carbocycles. The number of amides is 2. The van der Waals surface area contributed by atoms with E-state index in [4.69, 9.17) is 5.21 Å². The summed E-state index contributed by atoms with van der Waals surface area (Å²) in [6, 6.07) is 10.3. The number of carbonyl (C=O) groups is 2. The molecule has 1 aliphatic heterocycles. The van der Waals surface area contributed by atoms with Crippen LogP contribution >= 0.6 is 0 Å². The van der Waals surface area contributed by atoms with Gasteiger partial charge in [0.25, 0.3) is 0 Å². The highest BCUT2D eigenvalue weighted by molar-refractivity contribution is 5.76. The van der Waals surface area contributed by atoms with Gasteiger partial charge in [-0.25, -0.2) is 5.48 Å². The Morgan fingerprint density at radius 3 is 2.04 bits per heavy atom. The molecule has 0 saturated carbocycles. The van der Waals surface area contributed by atoms with E-state index in [9.17, 15) is 9.59 Å². The second-order valence-corrected chi connectivity index (χ2v) is 6.86. The van der Waals surface area contributed by atoms with Gasteiger partial charge in [-0.1, -0.05) is 51.3 Å². The normalized spacial score (nSPS) is 13.6. The predicted octanol–water partition coefficient (Wildman–Crippen LogP) is 3.60. The molecule has 1 aliphatic rings. The molecule has 0 aromatic heterocycles. The molecular formula is C21H35N3O3. The number of para-hydroxylation sites is 1. The zero-order chi connectivity index (χ0) is 19.9. The first-order chi connectivity index (χ1) is 13.1. The molecule has 27 heavy (non-hydrogen) atoms. The Hall–Kier alpha value is -2.08. The first-order valence-electron chi connectivity index (χ1n) is 10.1. The monoisotopic (exact) mass is 377 g/mol. The van der Waals surface area contributed by atoms with Crippen LogP contribution in [-0.2, 0) is 9.59 Å². The van der Waals surface area contributed by atoms with Crippen molar-refractivity contribution in [2.24, 2.45) is 0 Å². The highest BCUT2D eigenvalue weighted by Gasteiger charge is 2.20. The first kappa shape index (κ1) is 23.0. The molecule has 0 unspecified atom stereocenters. The van der Waals surface area contributed by atoms with Gasteiger partial charge in [0, 0.05) is 44.7 Å². The van der Waals surface area contributed by atoms with Gasteiger partial charge in [-0.2, -0.15) is 0 Å². The van der Waals surface area contributed by atoms with Crippen molar-refractivity contribution >= 4 is 17.5 Å². The second kappa shape index (κ2) is 14.0. The van der Waals surface area contributed by atoms with E-state index in [-0.39, 0.29) is 11.8 Å². The van der Waals surface area contributed by atoms with Crippen LogP contribution in [0.5, 0.6) is 0 Å². The molecule has 2 N–H and O–H groups in total. The maximum atomic E-state index is 12.2. The van der Waals surface area contributed by atoms with Crippen LogP contribution in [0.15, 0.2) is 30.3 Å².